The van der Waals surface area contributed by atoms with E-state index in [1.807, 2.05) is 0 Å². The summed E-state index contributed by atoms with van der Waals surface area (Å²) in [5.74, 6) is -3.92. The van der Waals surface area contributed by atoms with E-state index in [0.29, 0.717) is 25.0 Å². The molecule has 2 rings (SSSR count). The third-order valence-corrected chi connectivity index (χ3v) is 5.63. The molecule has 1 amide bonds. The Morgan fingerprint density at radius 3 is 1.47 bits per heavy atom. The van der Waals surface area contributed by atoms with Crippen molar-refractivity contribution in [2.75, 3.05) is 25.3 Å². The van der Waals surface area contributed by atoms with E-state index < -0.39 is 64.0 Å². The number of nitrogens with two attached hydrogens (primary N) is 1. The summed E-state index contributed by atoms with van der Waals surface area (Å²) in [5.41, 5.74) is 0.614. The predicted molar refractivity (Wildman–Crippen MR) is 143 cm³/mol. The number of benzene rings is 2. The molecule has 0 heterocycles. The summed E-state index contributed by atoms with van der Waals surface area (Å²) < 4.78 is 87.3. The van der Waals surface area contributed by atoms with Crippen LogP contribution in [-0.4, -0.2) is 43.6 Å². The van der Waals surface area contributed by atoms with Crippen molar-refractivity contribution in [2.45, 2.75) is 58.8 Å². The Kier molecular flexibility index (Phi) is 12.9. The van der Waals surface area contributed by atoms with Gasteiger partial charge in [-0.1, -0.05) is 13.8 Å². The SMILES string of the molecule is CCCC(=O)c1cc(C(=O)OC)c(N)cc1C(F)(F)F.CCCC(=O)c1cc(C(=O)OC)c(NC(C)=O)cc1C(F)(F)F. The Labute approximate surface area is 242 Å². The van der Waals surface area contributed by atoms with Crippen molar-refractivity contribution in [3.05, 3.63) is 57.6 Å². The van der Waals surface area contributed by atoms with E-state index in [-0.39, 0.29) is 35.3 Å². The lowest BCUT2D eigenvalue weighted by Gasteiger charge is -2.17. The van der Waals surface area contributed by atoms with Gasteiger partial charge in [0, 0.05) is 36.6 Å². The highest BCUT2D eigenvalue weighted by molar-refractivity contribution is 6.06. The Bertz CT molecular complexity index is 1390. The van der Waals surface area contributed by atoms with Crippen LogP contribution in [0.2, 0.25) is 0 Å². The van der Waals surface area contributed by atoms with Gasteiger partial charge in [-0.05, 0) is 37.1 Å². The minimum Gasteiger partial charge on any atom is -0.465 e. The number of ether oxygens (including phenoxy) is 2. The number of amides is 1. The maximum atomic E-state index is 13.2. The Hall–Kier alpha value is -4.43. The third kappa shape index (κ3) is 9.82. The molecule has 0 unspecified atom stereocenters. The molecule has 15 heteroatoms. The molecule has 0 aliphatic rings. The number of carbonyl (C=O) groups excluding carboxylic acids is 5. The lowest BCUT2D eigenvalue weighted by molar-refractivity contribution is -0.138. The number of esters is 2. The van der Waals surface area contributed by atoms with E-state index in [2.05, 4.69) is 14.8 Å². The fourth-order valence-electron chi connectivity index (χ4n) is 3.73. The number of ketones is 2. The molecule has 0 spiro atoms. The molecule has 0 saturated carbocycles. The maximum Gasteiger partial charge on any atom is 0.417 e. The predicted octanol–water partition coefficient (Wildman–Crippen LogP) is 6.49. The van der Waals surface area contributed by atoms with E-state index >= 15 is 0 Å². The molecular weight excluding hydrogens is 590 g/mol. The Morgan fingerprint density at radius 2 is 1.09 bits per heavy atom. The van der Waals surface area contributed by atoms with Gasteiger partial charge in [0.2, 0.25) is 5.91 Å². The molecule has 0 aromatic heterocycles. The molecule has 0 aliphatic carbocycles. The molecule has 236 valence electrons. The molecule has 43 heavy (non-hydrogen) atoms. The number of halogens is 6. The molecule has 0 bridgehead atoms. The van der Waals surface area contributed by atoms with Crippen LogP contribution in [0.15, 0.2) is 24.3 Å². The summed E-state index contributed by atoms with van der Waals surface area (Å²) in [5, 5.41) is 2.15. The smallest absolute Gasteiger partial charge is 0.417 e. The zero-order valence-electron chi connectivity index (χ0n) is 23.8. The fourth-order valence-corrected chi connectivity index (χ4v) is 3.73. The van der Waals surface area contributed by atoms with Crippen molar-refractivity contribution in [1.29, 1.82) is 0 Å². The zero-order chi connectivity index (χ0) is 33.3. The van der Waals surface area contributed by atoms with Crippen molar-refractivity contribution in [1.82, 2.24) is 0 Å². The van der Waals surface area contributed by atoms with Crippen LogP contribution in [0.4, 0.5) is 37.7 Å². The second-order valence-corrected chi connectivity index (χ2v) is 8.93. The highest BCUT2D eigenvalue weighted by atomic mass is 19.4. The van der Waals surface area contributed by atoms with E-state index in [1.165, 1.54) is 0 Å². The van der Waals surface area contributed by atoms with Crippen molar-refractivity contribution in [3.63, 3.8) is 0 Å². The molecule has 3 N–H and O–H groups in total. The molecule has 2 aromatic rings. The average molecular weight is 621 g/mol. The van der Waals surface area contributed by atoms with Crippen molar-refractivity contribution in [3.8, 4) is 0 Å². The van der Waals surface area contributed by atoms with Gasteiger partial charge in [-0.2, -0.15) is 26.3 Å². The highest BCUT2D eigenvalue weighted by Gasteiger charge is 2.38. The number of nitrogens with one attached hydrogen (secondary N) is 1. The third-order valence-electron chi connectivity index (χ3n) is 5.63. The quantitative estimate of drug-likeness (QED) is 0.140. The van der Waals surface area contributed by atoms with Gasteiger partial charge in [0.15, 0.2) is 11.6 Å². The molecular formula is C28H30F6N2O7. The van der Waals surface area contributed by atoms with Gasteiger partial charge < -0.3 is 20.5 Å². The molecule has 0 aliphatic heterocycles. The van der Waals surface area contributed by atoms with Crippen LogP contribution in [-0.2, 0) is 26.6 Å². The van der Waals surface area contributed by atoms with Crippen molar-refractivity contribution in [2.24, 2.45) is 0 Å². The second kappa shape index (κ2) is 15.2. The van der Waals surface area contributed by atoms with Crippen molar-refractivity contribution >= 4 is 40.8 Å². The minimum absolute atomic E-state index is 0.0480. The number of hydrogen-bond donors (Lipinski definition) is 2. The van der Waals surface area contributed by atoms with E-state index in [1.54, 1.807) is 13.8 Å². The number of methoxy groups -OCH3 is 2. The molecule has 2 aromatic carbocycles. The Morgan fingerprint density at radius 1 is 0.698 bits per heavy atom. The van der Waals surface area contributed by atoms with Crippen LogP contribution in [0, 0.1) is 0 Å². The van der Waals surface area contributed by atoms with E-state index in [4.69, 9.17) is 5.73 Å². The standard InChI is InChI=1S/C15H16F3NO4.C13H14F3NO3/c1-4-5-13(21)9-6-10(14(22)23-3)12(19-8(2)20)7-11(9)15(16,17)18;1-3-4-11(18)7-5-8(12(19)20-2)10(17)6-9(7)13(14,15)16/h6-7H,4-5H2,1-3H3,(H,19,20);5-6H,3-4,17H2,1-2H3. The highest BCUT2D eigenvalue weighted by Crippen LogP contribution is 2.37. The van der Waals surface area contributed by atoms with Gasteiger partial charge in [0.05, 0.1) is 42.2 Å². The van der Waals surface area contributed by atoms with Crippen LogP contribution in [0.1, 0.15) is 99.0 Å². The summed E-state index contributed by atoms with van der Waals surface area (Å²) >= 11 is 0. The minimum atomic E-state index is -4.80. The molecule has 0 radical (unpaired) electrons. The van der Waals surface area contributed by atoms with Crippen molar-refractivity contribution < 1.29 is 59.8 Å². The molecule has 0 saturated heterocycles. The lowest BCUT2D eigenvalue weighted by Crippen LogP contribution is -2.18. The number of hydrogen-bond acceptors (Lipinski definition) is 8. The van der Waals surface area contributed by atoms with Gasteiger partial charge in [-0.25, -0.2) is 9.59 Å². The van der Waals surface area contributed by atoms with E-state index in [0.717, 1.165) is 33.3 Å². The summed E-state index contributed by atoms with van der Waals surface area (Å²) in [6, 6.07) is 2.84. The van der Waals surface area contributed by atoms with Gasteiger partial charge in [-0.15, -0.1) is 0 Å². The van der Waals surface area contributed by atoms with E-state index in [9.17, 15) is 50.3 Å². The first kappa shape index (κ1) is 36.6. The van der Waals surface area contributed by atoms with Crippen LogP contribution in [0.5, 0.6) is 0 Å². The summed E-state index contributed by atoms with van der Waals surface area (Å²) in [4.78, 5) is 58.1. The van der Waals surface area contributed by atoms with Gasteiger partial charge in [0.1, 0.15) is 0 Å². The average Bonchev–Trinajstić information content (AvgIpc) is 2.91. The number of alkyl halides is 6. The summed E-state index contributed by atoms with van der Waals surface area (Å²) in [6.07, 6.45) is -8.91. The maximum absolute atomic E-state index is 13.2. The lowest BCUT2D eigenvalue weighted by atomic mass is 9.96. The van der Waals surface area contributed by atoms with Gasteiger partial charge >= 0.3 is 24.3 Å². The first-order chi connectivity index (χ1) is 19.8. The van der Waals surface area contributed by atoms with Gasteiger partial charge in [-0.3, -0.25) is 14.4 Å². The van der Waals surface area contributed by atoms with Crippen LogP contribution < -0.4 is 11.1 Å². The fraction of sp³-hybridized carbons (Fsp3) is 0.393. The zero-order valence-corrected chi connectivity index (χ0v) is 23.8. The topological polar surface area (TPSA) is 142 Å². The molecule has 0 atom stereocenters. The monoisotopic (exact) mass is 620 g/mol. The Balaban J connectivity index is 0.000000434. The first-order valence-corrected chi connectivity index (χ1v) is 12.6. The second-order valence-electron chi connectivity index (χ2n) is 8.93. The van der Waals surface area contributed by atoms with Crippen LogP contribution in [0.25, 0.3) is 0 Å². The number of nitrogen functional groups attached to an aromatic ring is 1. The number of anilines is 2. The number of carbonyl (C=O) groups is 5. The van der Waals surface area contributed by atoms with Gasteiger partial charge in [0.25, 0.3) is 0 Å². The normalized spacial score (nSPS) is 11.1. The summed E-state index contributed by atoms with van der Waals surface area (Å²) in [7, 11) is 2.12. The van der Waals surface area contributed by atoms with Crippen LogP contribution >= 0.6 is 0 Å². The first-order valence-electron chi connectivity index (χ1n) is 12.6. The summed E-state index contributed by atoms with van der Waals surface area (Å²) in [6.45, 7) is 4.41. The largest absolute Gasteiger partial charge is 0.465 e. The number of rotatable bonds is 9. The van der Waals surface area contributed by atoms with Crippen LogP contribution in [0.3, 0.4) is 0 Å². The molecule has 9 nitrogen and oxygen atoms in total. The number of Topliss-reactive ketones (excluding diaryl/α,β-unsaturated/α-hetero) is 2. The molecule has 0 fully saturated rings.